The van der Waals surface area contributed by atoms with Crippen LogP contribution < -0.4 is 4.74 Å². The Morgan fingerprint density at radius 3 is 2.88 bits per heavy atom. The Morgan fingerprint density at radius 1 is 1.41 bits per heavy atom. The zero-order valence-corrected chi connectivity index (χ0v) is 10.6. The number of para-hydroxylation sites is 1. The van der Waals surface area contributed by atoms with Gasteiger partial charge in [0, 0.05) is 6.42 Å². The van der Waals surface area contributed by atoms with Crippen LogP contribution in [0.4, 0.5) is 0 Å². The minimum atomic E-state index is -3.33. The first kappa shape index (κ1) is 12.4. The second-order valence-corrected chi connectivity index (χ2v) is 5.98. The summed E-state index contributed by atoms with van der Waals surface area (Å²) in [5.74, 6) is 0.979. The standard InChI is InChI=1S/C12H16O4S/c1-15-17(13,14)8-4-6-11-9-10-5-2-3-7-12(10)16-11/h2-3,5,7,11H,4,6,8-9H2,1H3. The molecule has 1 aromatic carbocycles. The van der Waals surface area contributed by atoms with E-state index in [1.165, 1.54) is 12.7 Å². The van der Waals surface area contributed by atoms with Gasteiger partial charge in [-0.05, 0) is 24.5 Å². The van der Waals surface area contributed by atoms with Gasteiger partial charge in [0.1, 0.15) is 11.9 Å². The highest BCUT2D eigenvalue weighted by molar-refractivity contribution is 7.86. The molecule has 1 atom stereocenters. The number of fused-ring (bicyclic) bond motifs is 1. The number of hydrogen-bond donors (Lipinski definition) is 0. The molecule has 1 aromatic rings. The van der Waals surface area contributed by atoms with Crippen molar-refractivity contribution in [3.05, 3.63) is 29.8 Å². The Bertz CT molecular complexity index is 456. The van der Waals surface area contributed by atoms with Crippen molar-refractivity contribution in [3.63, 3.8) is 0 Å². The Morgan fingerprint density at radius 2 is 2.18 bits per heavy atom. The summed E-state index contributed by atoms with van der Waals surface area (Å²) in [5.41, 5.74) is 1.20. The highest BCUT2D eigenvalue weighted by Gasteiger charge is 2.22. The zero-order valence-electron chi connectivity index (χ0n) is 9.76. The number of rotatable bonds is 5. The molecule has 0 saturated heterocycles. The van der Waals surface area contributed by atoms with Crippen LogP contribution in [0.5, 0.6) is 5.75 Å². The van der Waals surface area contributed by atoms with Gasteiger partial charge in [0.15, 0.2) is 0 Å². The van der Waals surface area contributed by atoms with Crippen LogP contribution in [-0.4, -0.2) is 27.4 Å². The van der Waals surface area contributed by atoms with Gasteiger partial charge in [-0.25, -0.2) is 0 Å². The average Bonchev–Trinajstić information content (AvgIpc) is 2.71. The van der Waals surface area contributed by atoms with Crippen LogP contribution in [0.1, 0.15) is 18.4 Å². The largest absolute Gasteiger partial charge is 0.490 e. The van der Waals surface area contributed by atoms with Crippen molar-refractivity contribution in [1.29, 1.82) is 0 Å². The lowest BCUT2D eigenvalue weighted by molar-refractivity contribution is 0.220. The van der Waals surface area contributed by atoms with Gasteiger partial charge >= 0.3 is 0 Å². The van der Waals surface area contributed by atoms with Crippen LogP contribution >= 0.6 is 0 Å². The predicted molar refractivity (Wildman–Crippen MR) is 64.6 cm³/mol. The quantitative estimate of drug-likeness (QED) is 0.753. The van der Waals surface area contributed by atoms with Crippen LogP contribution in [-0.2, 0) is 20.7 Å². The third-order valence-electron chi connectivity index (χ3n) is 2.89. The molecule has 0 radical (unpaired) electrons. The van der Waals surface area contributed by atoms with Crippen molar-refractivity contribution in [2.24, 2.45) is 0 Å². The first-order chi connectivity index (χ1) is 8.11. The summed E-state index contributed by atoms with van der Waals surface area (Å²) in [7, 11) is -2.14. The molecule has 94 valence electrons. The fourth-order valence-electron chi connectivity index (χ4n) is 1.99. The Hall–Kier alpha value is -1.07. The van der Waals surface area contributed by atoms with Gasteiger partial charge in [-0.2, -0.15) is 8.42 Å². The second-order valence-electron chi connectivity index (χ2n) is 4.12. The predicted octanol–water partition coefficient (Wildman–Crippen LogP) is 1.75. The molecule has 0 aromatic heterocycles. The first-order valence-electron chi connectivity index (χ1n) is 5.63. The fraction of sp³-hybridized carbons (Fsp3) is 0.500. The minimum absolute atomic E-state index is 0.0553. The van der Waals surface area contributed by atoms with E-state index in [4.69, 9.17) is 4.74 Å². The van der Waals surface area contributed by atoms with E-state index in [-0.39, 0.29) is 11.9 Å². The molecule has 0 aliphatic carbocycles. The maximum atomic E-state index is 11.1. The SMILES string of the molecule is COS(=O)(=O)CCCC1Cc2ccccc2O1. The number of benzene rings is 1. The molecule has 1 aliphatic rings. The molecule has 1 unspecified atom stereocenters. The Kier molecular flexibility index (Phi) is 3.69. The van der Waals surface area contributed by atoms with Gasteiger partial charge in [0.05, 0.1) is 12.9 Å². The van der Waals surface area contributed by atoms with Crippen molar-refractivity contribution < 1.29 is 17.3 Å². The molecule has 0 bridgehead atoms. The van der Waals surface area contributed by atoms with Crippen molar-refractivity contribution in [1.82, 2.24) is 0 Å². The van der Waals surface area contributed by atoms with E-state index < -0.39 is 10.1 Å². The van der Waals surface area contributed by atoms with Gasteiger partial charge in [0.2, 0.25) is 0 Å². The molecule has 0 N–H and O–H groups in total. The number of ether oxygens (including phenoxy) is 1. The lowest BCUT2D eigenvalue weighted by Crippen LogP contribution is -2.16. The maximum Gasteiger partial charge on any atom is 0.267 e. The van der Waals surface area contributed by atoms with E-state index in [1.807, 2.05) is 24.3 Å². The summed E-state index contributed by atoms with van der Waals surface area (Å²) in [6.07, 6.45) is 2.26. The molecule has 0 amide bonds. The zero-order chi connectivity index (χ0) is 12.3. The highest BCUT2D eigenvalue weighted by atomic mass is 32.2. The summed E-state index contributed by atoms with van der Waals surface area (Å²) >= 11 is 0. The van der Waals surface area contributed by atoms with E-state index in [0.717, 1.165) is 18.6 Å². The van der Waals surface area contributed by atoms with Crippen LogP contribution in [0.15, 0.2) is 24.3 Å². The topological polar surface area (TPSA) is 52.6 Å². The van der Waals surface area contributed by atoms with E-state index in [9.17, 15) is 8.42 Å². The molecular weight excluding hydrogens is 240 g/mol. The van der Waals surface area contributed by atoms with Crippen LogP contribution in [0.2, 0.25) is 0 Å². The lowest BCUT2D eigenvalue weighted by atomic mass is 10.1. The summed E-state index contributed by atoms with van der Waals surface area (Å²) in [5, 5.41) is 0. The van der Waals surface area contributed by atoms with Crippen molar-refractivity contribution in [3.8, 4) is 5.75 Å². The van der Waals surface area contributed by atoms with Gasteiger partial charge in [-0.1, -0.05) is 18.2 Å². The molecule has 0 spiro atoms. The molecule has 17 heavy (non-hydrogen) atoms. The van der Waals surface area contributed by atoms with E-state index in [1.54, 1.807) is 0 Å². The van der Waals surface area contributed by atoms with E-state index in [2.05, 4.69) is 4.18 Å². The Labute approximate surface area is 102 Å². The van der Waals surface area contributed by atoms with Crippen LogP contribution in [0.25, 0.3) is 0 Å². The fourth-order valence-corrected chi connectivity index (χ4v) is 2.67. The van der Waals surface area contributed by atoms with Gasteiger partial charge in [0.25, 0.3) is 10.1 Å². The molecule has 1 aliphatic heterocycles. The van der Waals surface area contributed by atoms with Gasteiger partial charge < -0.3 is 4.74 Å². The molecule has 2 rings (SSSR count). The Balaban J connectivity index is 1.81. The molecule has 1 heterocycles. The first-order valence-corrected chi connectivity index (χ1v) is 7.21. The molecular formula is C12H16O4S. The van der Waals surface area contributed by atoms with E-state index >= 15 is 0 Å². The summed E-state index contributed by atoms with van der Waals surface area (Å²) < 4.78 is 32.4. The highest BCUT2D eigenvalue weighted by Crippen LogP contribution is 2.29. The molecule has 0 fully saturated rings. The van der Waals surface area contributed by atoms with Crippen molar-refractivity contribution in [2.75, 3.05) is 12.9 Å². The average molecular weight is 256 g/mol. The van der Waals surface area contributed by atoms with Crippen molar-refractivity contribution >= 4 is 10.1 Å². The summed E-state index contributed by atoms with van der Waals surface area (Å²) in [6.45, 7) is 0. The van der Waals surface area contributed by atoms with Crippen molar-refractivity contribution in [2.45, 2.75) is 25.4 Å². The summed E-state index contributed by atoms with van der Waals surface area (Å²) in [6, 6.07) is 7.92. The minimum Gasteiger partial charge on any atom is -0.490 e. The number of hydrogen-bond acceptors (Lipinski definition) is 4. The van der Waals surface area contributed by atoms with Crippen LogP contribution in [0.3, 0.4) is 0 Å². The molecule has 4 nitrogen and oxygen atoms in total. The second kappa shape index (κ2) is 5.06. The third kappa shape index (κ3) is 3.20. The van der Waals surface area contributed by atoms with Gasteiger partial charge in [-0.15, -0.1) is 0 Å². The van der Waals surface area contributed by atoms with E-state index in [0.29, 0.717) is 6.42 Å². The monoisotopic (exact) mass is 256 g/mol. The third-order valence-corrected chi connectivity index (χ3v) is 4.18. The van der Waals surface area contributed by atoms with Crippen LogP contribution in [0, 0.1) is 0 Å². The molecule has 0 saturated carbocycles. The summed E-state index contributed by atoms with van der Waals surface area (Å²) in [4.78, 5) is 0. The maximum absolute atomic E-state index is 11.1. The molecule has 5 heteroatoms. The normalized spacial score (nSPS) is 18.8. The van der Waals surface area contributed by atoms with Gasteiger partial charge in [-0.3, -0.25) is 4.18 Å². The smallest absolute Gasteiger partial charge is 0.267 e. The lowest BCUT2D eigenvalue weighted by Gasteiger charge is -2.09.